The molecule has 0 amide bonds. The lowest BCUT2D eigenvalue weighted by Crippen LogP contribution is -1.98. The number of fused-ring (bicyclic) bond motifs is 3. The van der Waals surface area contributed by atoms with Gasteiger partial charge in [-0.1, -0.05) is 11.6 Å². The number of halogens is 1. The molecule has 0 fully saturated rings. The molecule has 4 nitrogen and oxygen atoms in total. The van der Waals surface area contributed by atoms with E-state index in [0.717, 1.165) is 36.2 Å². The van der Waals surface area contributed by atoms with Crippen LogP contribution < -0.4 is 0 Å². The average molecular weight is 237 g/mol. The predicted octanol–water partition coefficient (Wildman–Crippen LogP) is 2.33. The molecule has 0 spiro atoms. The lowest BCUT2D eigenvalue weighted by Gasteiger charge is -2.01. The highest BCUT2D eigenvalue weighted by Crippen LogP contribution is 2.28. The quantitative estimate of drug-likeness (QED) is 0.827. The smallest absolute Gasteiger partial charge is 0.337 e. The second-order valence-electron chi connectivity index (χ2n) is 3.91. The van der Waals surface area contributed by atoms with Gasteiger partial charge in [0, 0.05) is 13.0 Å². The lowest BCUT2D eigenvalue weighted by molar-refractivity contribution is 0.0697. The zero-order valence-electron chi connectivity index (χ0n) is 8.40. The van der Waals surface area contributed by atoms with E-state index in [-0.39, 0.29) is 10.6 Å². The van der Waals surface area contributed by atoms with Crippen molar-refractivity contribution in [1.82, 2.24) is 9.55 Å². The summed E-state index contributed by atoms with van der Waals surface area (Å²) in [5.74, 6) is 0.00802. The van der Waals surface area contributed by atoms with Crippen LogP contribution in [0.1, 0.15) is 22.6 Å². The minimum absolute atomic E-state index is 0.117. The Hall–Kier alpha value is -1.55. The number of aryl methyl sites for hydroxylation is 2. The van der Waals surface area contributed by atoms with E-state index in [4.69, 9.17) is 16.7 Å². The fraction of sp³-hybridized carbons (Fsp3) is 0.273. The fourth-order valence-corrected chi connectivity index (χ4v) is 2.43. The SMILES string of the molecule is O=C(O)c1cc2nc3n(c2cc1Cl)CCC3. The molecule has 1 aliphatic rings. The summed E-state index contributed by atoms with van der Waals surface area (Å²) in [4.78, 5) is 15.3. The Morgan fingerprint density at radius 3 is 3.06 bits per heavy atom. The highest BCUT2D eigenvalue weighted by atomic mass is 35.5. The molecular weight excluding hydrogens is 228 g/mol. The van der Waals surface area contributed by atoms with Crippen LogP contribution in [-0.2, 0) is 13.0 Å². The molecule has 0 unspecified atom stereocenters. The number of hydrogen-bond acceptors (Lipinski definition) is 2. The number of aromatic carboxylic acids is 1. The second kappa shape index (κ2) is 3.22. The van der Waals surface area contributed by atoms with Crippen LogP contribution in [-0.4, -0.2) is 20.6 Å². The van der Waals surface area contributed by atoms with E-state index >= 15 is 0 Å². The Kier molecular flexibility index (Phi) is 1.94. The summed E-state index contributed by atoms with van der Waals surface area (Å²) < 4.78 is 2.10. The molecule has 0 aliphatic carbocycles. The highest BCUT2D eigenvalue weighted by molar-refractivity contribution is 6.34. The van der Waals surface area contributed by atoms with Crippen LogP contribution >= 0.6 is 11.6 Å². The van der Waals surface area contributed by atoms with Crippen LogP contribution in [0.25, 0.3) is 11.0 Å². The molecule has 82 valence electrons. The molecule has 0 radical (unpaired) electrons. The van der Waals surface area contributed by atoms with Crippen LogP contribution in [0.4, 0.5) is 0 Å². The van der Waals surface area contributed by atoms with Gasteiger partial charge >= 0.3 is 5.97 Å². The van der Waals surface area contributed by atoms with Gasteiger partial charge < -0.3 is 9.67 Å². The van der Waals surface area contributed by atoms with Crippen molar-refractivity contribution >= 4 is 28.6 Å². The van der Waals surface area contributed by atoms with Gasteiger partial charge in [0.2, 0.25) is 0 Å². The Labute approximate surface area is 96.5 Å². The van der Waals surface area contributed by atoms with Gasteiger partial charge in [-0.3, -0.25) is 0 Å². The predicted molar refractivity (Wildman–Crippen MR) is 60.0 cm³/mol. The molecule has 2 aromatic rings. The Morgan fingerprint density at radius 1 is 1.50 bits per heavy atom. The number of nitrogens with zero attached hydrogens (tertiary/aromatic N) is 2. The molecule has 0 saturated heterocycles. The van der Waals surface area contributed by atoms with Gasteiger partial charge in [0.05, 0.1) is 21.6 Å². The first-order valence-corrected chi connectivity index (χ1v) is 5.46. The zero-order chi connectivity index (χ0) is 11.3. The topological polar surface area (TPSA) is 55.1 Å². The maximum Gasteiger partial charge on any atom is 0.337 e. The number of carboxylic acids is 1. The molecule has 16 heavy (non-hydrogen) atoms. The molecule has 1 aromatic heterocycles. The Bertz CT molecular complexity index is 604. The van der Waals surface area contributed by atoms with Crippen molar-refractivity contribution in [3.8, 4) is 0 Å². The van der Waals surface area contributed by atoms with Crippen LogP contribution in [0.15, 0.2) is 12.1 Å². The second-order valence-corrected chi connectivity index (χ2v) is 4.32. The number of rotatable bonds is 1. The van der Waals surface area contributed by atoms with Crippen molar-refractivity contribution < 1.29 is 9.90 Å². The molecule has 2 heterocycles. The maximum absolute atomic E-state index is 10.9. The summed E-state index contributed by atoms with van der Waals surface area (Å²) in [6.45, 7) is 0.939. The zero-order valence-corrected chi connectivity index (χ0v) is 9.16. The van der Waals surface area contributed by atoms with Gasteiger partial charge in [0.25, 0.3) is 0 Å². The van der Waals surface area contributed by atoms with Crippen LogP contribution in [0.2, 0.25) is 5.02 Å². The standard InChI is InChI=1S/C11H9ClN2O2/c12-7-5-9-8(4-6(7)11(15)16)13-10-2-1-3-14(9)10/h4-5H,1-3H2,(H,15,16). The minimum atomic E-state index is -1.01. The maximum atomic E-state index is 10.9. The summed E-state index contributed by atoms with van der Waals surface area (Å²) in [6, 6.07) is 3.24. The first-order valence-electron chi connectivity index (χ1n) is 5.09. The molecule has 1 aromatic carbocycles. The largest absolute Gasteiger partial charge is 0.478 e. The van der Waals surface area contributed by atoms with Crippen molar-refractivity contribution in [2.45, 2.75) is 19.4 Å². The van der Waals surface area contributed by atoms with E-state index in [9.17, 15) is 4.79 Å². The molecule has 0 atom stereocenters. The van der Waals surface area contributed by atoms with Gasteiger partial charge in [-0.2, -0.15) is 0 Å². The van der Waals surface area contributed by atoms with Crippen LogP contribution in [0, 0.1) is 0 Å². The van der Waals surface area contributed by atoms with Gasteiger partial charge in [0.1, 0.15) is 5.82 Å². The first kappa shape index (κ1) is 9.66. The number of imidazole rings is 1. The molecule has 3 rings (SSSR count). The first-order chi connectivity index (χ1) is 7.66. The molecule has 1 aliphatic heterocycles. The number of carbonyl (C=O) groups is 1. The Morgan fingerprint density at radius 2 is 2.31 bits per heavy atom. The molecule has 0 bridgehead atoms. The minimum Gasteiger partial charge on any atom is -0.478 e. The molecular formula is C11H9ClN2O2. The number of aromatic nitrogens is 2. The third kappa shape index (κ3) is 1.23. The molecule has 5 heteroatoms. The van der Waals surface area contributed by atoms with Crippen molar-refractivity contribution in [2.24, 2.45) is 0 Å². The van der Waals surface area contributed by atoms with E-state index in [0.29, 0.717) is 0 Å². The number of hydrogen-bond donors (Lipinski definition) is 1. The van der Waals surface area contributed by atoms with Gasteiger partial charge in [-0.15, -0.1) is 0 Å². The highest BCUT2D eigenvalue weighted by Gasteiger charge is 2.19. The molecule has 1 N–H and O–H groups in total. The van der Waals surface area contributed by atoms with E-state index in [1.54, 1.807) is 12.1 Å². The summed E-state index contributed by atoms with van der Waals surface area (Å²) >= 11 is 5.93. The Balaban J connectivity index is 2.32. The summed E-state index contributed by atoms with van der Waals surface area (Å²) in [5, 5.41) is 9.23. The number of benzene rings is 1. The number of carboxylic acid groups (broad SMARTS) is 1. The summed E-state index contributed by atoms with van der Waals surface area (Å²) in [6.07, 6.45) is 2.05. The van der Waals surface area contributed by atoms with E-state index in [2.05, 4.69) is 9.55 Å². The normalized spacial score (nSPS) is 14.3. The van der Waals surface area contributed by atoms with Gasteiger partial charge in [0.15, 0.2) is 0 Å². The van der Waals surface area contributed by atoms with Crippen molar-refractivity contribution in [2.75, 3.05) is 0 Å². The summed E-state index contributed by atoms with van der Waals surface area (Å²) in [7, 11) is 0. The fourth-order valence-electron chi connectivity index (χ4n) is 2.20. The van der Waals surface area contributed by atoms with E-state index in [1.165, 1.54) is 0 Å². The third-order valence-corrected chi connectivity index (χ3v) is 3.24. The van der Waals surface area contributed by atoms with Crippen LogP contribution in [0.3, 0.4) is 0 Å². The van der Waals surface area contributed by atoms with Crippen LogP contribution in [0.5, 0.6) is 0 Å². The molecule has 0 saturated carbocycles. The van der Waals surface area contributed by atoms with Gasteiger partial charge in [-0.05, 0) is 18.6 Å². The van der Waals surface area contributed by atoms with Crippen molar-refractivity contribution in [1.29, 1.82) is 0 Å². The van der Waals surface area contributed by atoms with E-state index in [1.807, 2.05) is 0 Å². The van der Waals surface area contributed by atoms with Crippen molar-refractivity contribution in [3.63, 3.8) is 0 Å². The average Bonchev–Trinajstić information content (AvgIpc) is 2.77. The van der Waals surface area contributed by atoms with Crippen molar-refractivity contribution in [3.05, 3.63) is 28.5 Å². The summed E-state index contributed by atoms with van der Waals surface area (Å²) in [5.41, 5.74) is 1.77. The lowest BCUT2D eigenvalue weighted by atomic mass is 10.2. The van der Waals surface area contributed by atoms with Gasteiger partial charge in [-0.25, -0.2) is 9.78 Å². The van der Waals surface area contributed by atoms with E-state index < -0.39 is 5.97 Å². The monoisotopic (exact) mass is 236 g/mol. The third-order valence-electron chi connectivity index (χ3n) is 2.93.